The topological polar surface area (TPSA) is 55.1 Å². The molecule has 0 unspecified atom stereocenters. The maximum atomic E-state index is 11.6. The van der Waals surface area contributed by atoms with Crippen LogP contribution in [0.5, 0.6) is 0 Å². The average molecular weight is 218 g/mol. The van der Waals surface area contributed by atoms with Gasteiger partial charge in [-0.25, -0.2) is 0 Å². The van der Waals surface area contributed by atoms with Gasteiger partial charge in [0, 0.05) is 12.1 Å². The summed E-state index contributed by atoms with van der Waals surface area (Å²) >= 11 is 0. The third kappa shape index (κ3) is 3.87. The van der Waals surface area contributed by atoms with E-state index in [0.29, 0.717) is 18.7 Å². The highest BCUT2D eigenvalue weighted by Crippen LogP contribution is 2.04. The van der Waals surface area contributed by atoms with Crippen LogP contribution in [0.15, 0.2) is 36.9 Å². The molecule has 0 bridgehead atoms. The van der Waals surface area contributed by atoms with E-state index in [0.717, 1.165) is 18.4 Å². The first-order valence-corrected chi connectivity index (χ1v) is 5.46. The van der Waals surface area contributed by atoms with Gasteiger partial charge in [0.15, 0.2) is 0 Å². The van der Waals surface area contributed by atoms with Gasteiger partial charge in [-0.15, -0.1) is 6.58 Å². The van der Waals surface area contributed by atoms with Crippen molar-refractivity contribution in [3.05, 3.63) is 48.0 Å². The first-order chi connectivity index (χ1) is 7.77. The molecular weight excluding hydrogens is 200 g/mol. The molecule has 3 nitrogen and oxygen atoms in total. The van der Waals surface area contributed by atoms with Crippen molar-refractivity contribution in [3.63, 3.8) is 0 Å². The van der Waals surface area contributed by atoms with Crippen LogP contribution in [0.1, 0.15) is 22.3 Å². The van der Waals surface area contributed by atoms with Gasteiger partial charge in [0.1, 0.15) is 0 Å². The van der Waals surface area contributed by atoms with Crippen molar-refractivity contribution in [1.29, 1.82) is 0 Å². The van der Waals surface area contributed by atoms with E-state index in [1.54, 1.807) is 6.08 Å². The third-order valence-corrected chi connectivity index (χ3v) is 2.28. The molecule has 0 aliphatic heterocycles. The molecule has 86 valence electrons. The number of nitrogens with two attached hydrogens (primary N) is 1. The minimum absolute atomic E-state index is 0.0406. The summed E-state index contributed by atoms with van der Waals surface area (Å²) in [7, 11) is 0. The lowest BCUT2D eigenvalue weighted by Crippen LogP contribution is -2.24. The van der Waals surface area contributed by atoms with Crippen molar-refractivity contribution >= 4 is 5.91 Å². The summed E-state index contributed by atoms with van der Waals surface area (Å²) in [6.45, 7) is 4.86. The Bertz CT molecular complexity index is 343. The molecule has 3 N–H and O–H groups in total. The van der Waals surface area contributed by atoms with Crippen LogP contribution in [-0.4, -0.2) is 19.0 Å². The minimum Gasteiger partial charge on any atom is -0.352 e. The van der Waals surface area contributed by atoms with Gasteiger partial charge in [0.05, 0.1) is 0 Å². The first-order valence-electron chi connectivity index (χ1n) is 5.46. The van der Waals surface area contributed by atoms with Crippen molar-refractivity contribution in [1.82, 2.24) is 5.32 Å². The third-order valence-electron chi connectivity index (χ3n) is 2.28. The second-order valence-electron chi connectivity index (χ2n) is 3.57. The zero-order valence-corrected chi connectivity index (χ0v) is 9.41. The molecule has 0 aromatic heterocycles. The van der Waals surface area contributed by atoms with E-state index in [1.807, 2.05) is 24.3 Å². The van der Waals surface area contributed by atoms with E-state index in [9.17, 15) is 4.79 Å². The highest BCUT2D eigenvalue weighted by molar-refractivity contribution is 5.94. The Labute approximate surface area is 96.3 Å². The van der Waals surface area contributed by atoms with Crippen molar-refractivity contribution in [2.45, 2.75) is 12.8 Å². The Morgan fingerprint density at radius 1 is 1.38 bits per heavy atom. The molecule has 1 aromatic rings. The number of benzene rings is 1. The van der Waals surface area contributed by atoms with Gasteiger partial charge in [-0.05, 0) is 37.1 Å². The van der Waals surface area contributed by atoms with Crippen molar-refractivity contribution < 1.29 is 4.79 Å². The summed E-state index contributed by atoms with van der Waals surface area (Å²) in [6, 6.07) is 7.53. The maximum Gasteiger partial charge on any atom is 0.251 e. The predicted molar refractivity (Wildman–Crippen MR) is 66.3 cm³/mol. The van der Waals surface area contributed by atoms with Gasteiger partial charge in [0.2, 0.25) is 0 Å². The number of hydrogen-bond acceptors (Lipinski definition) is 2. The lowest BCUT2D eigenvalue weighted by atomic mass is 10.1. The smallest absolute Gasteiger partial charge is 0.251 e. The Morgan fingerprint density at radius 2 is 2.06 bits per heavy atom. The van der Waals surface area contributed by atoms with Crippen LogP contribution in [0.2, 0.25) is 0 Å². The molecule has 0 spiro atoms. The summed E-state index contributed by atoms with van der Waals surface area (Å²) in [5, 5.41) is 2.82. The lowest BCUT2D eigenvalue weighted by molar-refractivity contribution is 0.0954. The van der Waals surface area contributed by atoms with Crippen LogP contribution >= 0.6 is 0 Å². The Balaban J connectivity index is 2.52. The van der Waals surface area contributed by atoms with Gasteiger partial charge in [-0.2, -0.15) is 0 Å². The summed E-state index contributed by atoms with van der Waals surface area (Å²) in [5.74, 6) is -0.0406. The molecular formula is C13H18N2O. The Kier molecular flexibility index (Phi) is 5.29. The van der Waals surface area contributed by atoms with E-state index in [1.165, 1.54) is 0 Å². The largest absolute Gasteiger partial charge is 0.352 e. The molecule has 0 aliphatic rings. The fraction of sp³-hybridized carbons (Fsp3) is 0.308. The van der Waals surface area contributed by atoms with E-state index < -0.39 is 0 Å². The fourth-order valence-corrected chi connectivity index (χ4v) is 1.38. The van der Waals surface area contributed by atoms with Crippen LogP contribution in [0, 0.1) is 0 Å². The van der Waals surface area contributed by atoms with Crippen LogP contribution in [-0.2, 0) is 6.42 Å². The van der Waals surface area contributed by atoms with Gasteiger partial charge >= 0.3 is 0 Å². The molecule has 1 amide bonds. The fourth-order valence-electron chi connectivity index (χ4n) is 1.38. The highest BCUT2D eigenvalue weighted by Gasteiger charge is 2.03. The molecule has 0 saturated carbocycles. The molecule has 0 radical (unpaired) electrons. The molecule has 3 heteroatoms. The zero-order chi connectivity index (χ0) is 11.8. The molecule has 0 heterocycles. The normalized spacial score (nSPS) is 9.81. The quantitative estimate of drug-likeness (QED) is 0.561. The number of carbonyl (C=O) groups is 1. The summed E-state index contributed by atoms with van der Waals surface area (Å²) < 4.78 is 0. The molecule has 0 atom stereocenters. The first kappa shape index (κ1) is 12.5. The van der Waals surface area contributed by atoms with Gasteiger partial charge in [-0.1, -0.05) is 18.2 Å². The van der Waals surface area contributed by atoms with Gasteiger partial charge in [-0.3, -0.25) is 4.79 Å². The maximum absolute atomic E-state index is 11.6. The Hall–Kier alpha value is -1.61. The van der Waals surface area contributed by atoms with Gasteiger partial charge < -0.3 is 11.1 Å². The number of nitrogens with one attached hydrogen (secondary N) is 1. The van der Waals surface area contributed by atoms with Crippen LogP contribution in [0.4, 0.5) is 0 Å². The van der Waals surface area contributed by atoms with E-state index >= 15 is 0 Å². The molecule has 0 fully saturated rings. The van der Waals surface area contributed by atoms with Crippen molar-refractivity contribution in [3.8, 4) is 0 Å². The number of rotatable bonds is 6. The summed E-state index contributed by atoms with van der Waals surface area (Å²) in [4.78, 5) is 11.6. The number of amides is 1. The average Bonchev–Trinajstić information content (AvgIpc) is 2.30. The van der Waals surface area contributed by atoms with Crippen molar-refractivity contribution in [2.24, 2.45) is 5.73 Å². The SMILES string of the molecule is C=CCCNC(=O)c1ccc(CCN)cc1. The summed E-state index contributed by atoms with van der Waals surface area (Å²) in [6.07, 6.45) is 3.42. The summed E-state index contributed by atoms with van der Waals surface area (Å²) in [5.41, 5.74) is 7.29. The lowest BCUT2D eigenvalue weighted by Gasteiger charge is -2.04. The van der Waals surface area contributed by atoms with Gasteiger partial charge in [0.25, 0.3) is 5.91 Å². The van der Waals surface area contributed by atoms with E-state index in [2.05, 4.69) is 11.9 Å². The zero-order valence-electron chi connectivity index (χ0n) is 9.41. The molecule has 0 aliphatic carbocycles. The monoisotopic (exact) mass is 218 g/mol. The Morgan fingerprint density at radius 3 is 2.62 bits per heavy atom. The second kappa shape index (κ2) is 6.80. The number of carbonyl (C=O) groups excluding carboxylic acids is 1. The predicted octanol–water partition coefficient (Wildman–Crippen LogP) is 1.49. The standard InChI is InChI=1S/C13H18N2O/c1-2-3-10-15-13(16)12-6-4-11(5-7-12)8-9-14/h2,4-7H,1,3,8-10,14H2,(H,15,16). The van der Waals surface area contributed by atoms with Crippen molar-refractivity contribution in [2.75, 3.05) is 13.1 Å². The molecule has 16 heavy (non-hydrogen) atoms. The molecule has 0 saturated heterocycles. The van der Waals surface area contributed by atoms with Crippen LogP contribution in [0.25, 0.3) is 0 Å². The second-order valence-corrected chi connectivity index (χ2v) is 3.57. The van der Waals surface area contributed by atoms with E-state index in [4.69, 9.17) is 5.73 Å². The number of hydrogen-bond donors (Lipinski definition) is 2. The molecule has 1 aromatic carbocycles. The van der Waals surface area contributed by atoms with Crippen LogP contribution in [0.3, 0.4) is 0 Å². The molecule has 1 rings (SSSR count). The minimum atomic E-state index is -0.0406. The van der Waals surface area contributed by atoms with Crippen LogP contribution < -0.4 is 11.1 Å². The van der Waals surface area contributed by atoms with E-state index in [-0.39, 0.29) is 5.91 Å². The highest BCUT2D eigenvalue weighted by atomic mass is 16.1.